The highest BCUT2D eigenvalue weighted by atomic mass is 19.3. The van der Waals surface area contributed by atoms with Gasteiger partial charge >= 0.3 is 6.61 Å². The summed E-state index contributed by atoms with van der Waals surface area (Å²) in [4.78, 5) is 9.15. The maximum Gasteiger partial charge on any atom is 0.387 e. The van der Waals surface area contributed by atoms with Crippen LogP contribution >= 0.6 is 0 Å². The van der Waals surface area contributed by atoms with E-state index >= 15 is 0 Å². The number of halogens is 2. The van der Waals surface area contributed by atoms with Crippen LogP contribution in [0.25, 0.3) is 0 Å². The maximum absolute atomic E-state index is 12.5. The number of hydrogen-bond acceptors (Lipinski definition) is 5. The molecule has 140 valence electrons. The van der Waals surface area contributed by atoms with Gasteiger partial charge in [-0.2, -0.15) is 8.78 Å². The van der Waals surface area contributed by atoms with Crippen molar-refractivity contribution in [3.63, 3.8) is 0 Å². The smallest absolute Gasteiger partial charge is 0.387 e. The third-order valence-electron chi connectivity index (χ3n) is 4.49. The number of piperazine rings is 1. The predicted molar refractivity (Wildman–Crippen MR) is 97.6 cm³/mol. The molecule has 1 aliphatic heterocycles. The van der Waals surface area contributed by atoms with Gasteiger partial charge in [0.15, 0.2) is 0 Å². The van der Waals surface area contributed by atoms with E-state index in [-0.39, 0.29) is 5.75 Å². The molecule has 2 aromatic rings. The molecule has 1 aromatic heterocycles. The van der Waals surface area contributed by atoms with Crippen LogP contribution in [0.15, 0.2) is 42.6 Å². The van der Waals surface area contributed by atoms with E-state index in [1.165, 1.54) is 0 Å². The van der Waals surface area contributed by atoms with Crippen LogP contribution in [0.5, 0.6) is 5.75 Å². The van der Waals surface area contributed by atoms with Gasteiger partial charge < -0.3 is 19.9 Å². The van der Waals surface area contributed by atoms with E-state index in [2.05, 4.69) is 38.0 Å². The van der Waals surface area contributed by atoms with Gasteiger partial charge in [-0.1, -0.05) is 24.3 Å². The molecule has 0 amide bonds. The summed E-state index contributed by atoms with van der Waals surface area (Å²) in [6.07, 6.45) is 1.81. The number of para-hydroxylation sites is 1. The second-order valence-electron chi connectivity index (χ2n) is 6.37. The molecule has 1 fully saturated rings. The molecule has 26 heavy (non-hydrogen) atoms. The number of nitrogens with one attached hydrogen (secondary N) is 1. The molecular formula is C19H24F2N4O. The van der Waals surface area contributed by atoms with Crippen LogP contribution in [-0.4, -0.2) is 49.7 Å². The van der Waals surface area contributed by atoms with Crippen molar-refractivity contribution in [1.29, 1.82) is 0 Å². The Morgan fingerprint density at radius 1 is 1.04 bits per heavy atom. The van der Waals surface area contributed by atoms with Crippen LogP contribution in [-0.2, 0) is 13.1 Å². The maximum atomic E-state index is 12.5. The number of ether oxygens (including phenoxy) is 1. The van der Waals surface area contributed by atoms with Crippen LogP contribution in [0.3, 0.4) is 0 Å². The van der Waals surface area contributed by atoms with Gasteiger partial charge in [-0.05, 0) is 19.2 Å². The number of alkyl halides is 2. The lowest BCUT2D eigenvalue weighted by Gasteiger charge is -2.34. The highest BCUT2D eigenvalue weighted by molar-refractivity contribution is 5.47. The topological polar surface area (TPSA) is 40.6 Å². The van der Waals surface area contributed by atoms with Gasteiger partial charge in [0.1, 0.15) is 11.6 Å². The molecule has 0 saturated carbocycles. The first-order valence-electron chi connectivity index (χ1n) is 8.74. The fourth-order valence-electron chi connectivity index (χ4n) is 3.06. The monoisotopic (exact) mass is 362 g/mol. The predicted octanol–water partition coefficient (Wildman–Crippen LogP) is 2.72. The van der Waals surface area contributed by atoms with Crippen molar-refractivity contribution < 1.29 is 13.5 Å². The summed E-state index contributed by atoms with van der Waals surface area (Å²) in [5.41, 5.74) is 1.81. The minimum Gasteiger partial charge on any atom is -0.434 e. The average molecular weight is 362 g/mol. The van der Waals surface area contributed by atoms with Gasteiger partial charge in [-0.15, -0.1) is 0 Å². The van der Waals surface area contributed by atoms with E-state index in [0.717, 1.165) is 37.6 Å². The Kier molecular flexibility index (Phi) is 6.35. The number of aromatic nitrogens is 1. The Hall–Kier alpha value is -2.25. The second kappa shape index (κ2) is 8.91. The molecule has 1 aromatic carbocycles. The number of anilines is 1. The quantitative estimate of drug-likeness (QED) is 0.820. The third kappa shape index (κ3) is 4.89. The average Bonchev–Trinajstić information content (AvgIpc) is 2.64. The van der Waals surface area contributed by atoms with Crippen molar-refractivity contribution in [3.8, 4) is 5.75 Å². The molecule has 1 N–H and O–H groups in total. The minimum absolute atomic E-state index is 0.209. The van der Waals surface area contributed by atoms with Crippen LogP contribution in [0, 0.1) is 0 Å². The molecule has 2 heterocycles. The Labute approximate surface area is 152 Å². The lowest BCUT2D eigenvalue weighted by atomic mass is 10.2. The first-order valence-corrected chi connectivity index (χ1v) is 8.74. The Bertz CT molecular complexity index is 705. The van der Waals surface area contributed by atoms with Crippen molar-refractivity contribution in [2.24, 2.45) is 0 Å². The number of likely N-dealkylation sites (N-methyl/N-ethyl adjacent to an activating group) is 1. The van der Waals surface area contributed by atoms with E-state index in [1.807, 2.05) is 18.3 Å². The molecule has 0 radical (unpaired) electrons. The van der Waals surface area contributed by atoms with Crippen molar-refractivity contribution in [3.05, 3.63) is 53.7 Å². The van der Waals surface area contributed by atoms with Crippen LogP contribution in [0.4, 0.5) is 14.6 Å². The van der Waals surface area contributed by atoms with E-state index in [9.17, 15) is 8.78 Å². The first kappa shape index (κ1) is 18.5. The van der Waals surface area contributed by atoms with Gasteiger partial charge in [0, 0.05) is 56.6 Å². The van der Waals surface area contributed by atoms with Gasteiger partial charge in [0.05, 0.1) is 0 Å². The molecule has 0 spiro atoms. The summed E-state index contributed by atoms with van der Waals surface area (Å²) in [5.74, 6) is 1.20. The Morgan fingerprint density at radius 3 is 2.50 bits per heavy atom. The molecule has 1 aliphatic rings. The van der Waals surface area contributed by atoms with Crippen molar-refractivity contribution in [2.45, 2.75) is 19.7 Å². The molecule has 7 heteroatoms. The highest BCUT2D eigenvalue weighted by Gasteiger charge is 2.17. The lowest BCUT2D eigenvalue weighted by Crippen LogP contribution is -2.45. The fourth-order valence-corrected chi connectivity index (χ4v) is 3.06. The number of hydrogen-bond donors (Lipinski definition) is 1. The molecule has 0 aliphatic carbocycles. The van der Waals surface area contributed by atoms with E-state index in [4.69, 9.17) is 0 Å². The van der Waals surface area contributed by atoms with Crippen LogP contribution in [0.1, 0.15) is 11.1 Å². The molecule has 0 atom stereocenters. The normalized spacial score (nSPS) is 15.5. The zero-order valence-corrected chi connectivity index (χ0v) is 14.9. The second-order valence-corrected chi connectivity index (χ2v) is 6.37. The minimum atomic E-state index is -2.82. The first-order chi connectivity index (χ1) is 12.6. The third-order valence-corrected chi connectivity index (χ3v) is 4.49. The van der Waals surface area contributed by atoms with E-state index in [1.54, 1.807) is 18.2 Å². The van der Waals surface area contributed by atoms with Crippen molar-refractivity contribution in [2.75, 3.05) is 38.1 Å². The summed E-state index contributed by atoms with van der Waals surface area (Å²) < 4.78 is 29.6. The van der Waals surface area contributed by atoms with Crippen molar-refractivity contribution in [1.82, 2.24) is 15.2 Å². The zero-order valence-electron chi connectivity index (χ0n) is 14.9. The number of benzene rings is 1. The molecule has 0 bridgehead atoms. The number of pyridine rings is 1. The SMILES string of the molecule is CN1CCN(c2ncccc2CNCc2ccccc2OC(F)F)CC1. The number of rotatable bonds is 7. The summed E-state index contributed by atoms with van der Waals surface area (Å²) in [7, 11) is 2.12. The van der Waals surface area contributed by atoms with Crippen LogP contribution in [0.2, 0.25) is 0 Å². The molecular weight excluding hydrogens is 338 g/mol. The van der Waals surface area contributed by atoms with Crippen LogP contribution < -0.4 is 15.0 Å². The van der Waals surface area contributed by atoms with Gasteiger partial charge in [0.25, 0.3) is 0 Å². The Morgan fingerprint density at radius 2 is 1.73 bits per heavy atom. The summed E-state index contributed by atoms with van der Waals surface area (Å²) >= 11 is 0. The lowest BCUT2D eigenvalue weighted by molar-refractivity contribution is -0.0505. The zero-order chi connectivity index (χ0) is 18.4. The largest absolute Gasteiger partial charge is 0.434 e. The van der Waals surface area contributed by atoms with Crippen molar-refractivity contribution >= 4 is 5.82 Å². The molecule has 3 rings (SSSR count). The summed E-state index contributed by atoms with van der Waals surface area (Å²) in [6, 6.07) is 10.8. The molecule has 0 unspecified atom stereocenters. The van der Waals surface area contributed by atoms with Gasteiger partial charge in [-0.25, -0.2) is 4.98 Å². The highest BCUT2D eigenvalue weighted by Crippen LogP contribution is 2.21. The molecule has 1 saturated heterocycles. The van der Waals surface area contributed by atoms with E-state index in [0.29, 0.717) is 18.7 Å². The fraction of sp³-hybridized carbons (Fsp3) is 0.421. The van der Waals surface area contributed by atoms with Gasteiger partial charge in [0.2, 0.25) is 0 Å². The van der Waals surface area contributed by atoms with E-state index < -0.39 is 6.61 Å². The van der Waals surface area contributed by atoms with Gasteiger partial charge in [-0.3, -0.25) is 0 Å². The summed E-state index contributed by atoms with van der Waals surface area (Å²) in [6.45, 7) is 2.16. The summed E-state index contributed by atoms with van der Waals surface area (Å²) in [5, 5.41) is 3.32. The molecule has 5 nitrogen and oxygen atoms in total. The Balaban J connectivity index is 1.62. The number of nitrogens with zero attached hydrogens (tertiary/aromatic N) is 3. The standard InChI is InChI=1S/C19H24F2N4O/c1-24-9-11-25(12-10-24)18-16(6-4-8-23-18)14-22-13-15-5-2-3-7-17(15)26-19(20)21/h2-8,19,22H,9-14H2,1H3.